The summed E-state index contributed by atoms with van der Waals surface area (Å²) in [5.41, 5.74) is 1.37. The SMILES string of the molecule is CC1CCN(C2COc3ccccc32)CCCN1. The Hall–Kier alpha value is -1.06. The van der Waals surface area contributed by atoms with E-state index in [1.165, 1.54) is 24.9 Å². The topological polar surface area (TPSA) is 24.5 Å². The third kappa shape index (κ3) is 2.38. The van der Waals surface area contributed by atoms with Crippen molar-refractivity contribution in [3.05, 3.63) is 29.8 Å². The minimum atomic E-state index is 0.464. The van der Waals surface area contributed by atoms with Crippen LogP contribution in [0.4, 0.5) is 0 Å². The Kier molecular flexibility index (Phi) is 3.52. The molecule has 3 rings (SSSR count). The molecule has 0 spiro atoms. The van der Waals surface area contributed by atoms with Crippen molar-refractivity contribution in [3.8, 4) is 5.75 Å². The molecule has 1 saturated heterocycles. The third-order valence-electron chi connectivity index (χ3n) is 4.08. The maximum atomic E-state index is 5.81. The van der Waals surface area contributed by atoms with Crippen LogP contribution in [-0.4, -0.2) is 37.2 Å². The second-order valence-corrected chi connectivity index (χ2v) is 5.40. The summed E-state index contributed by atoms with van der Waals surface area (Å²) in [6, 6.07) is 9.57. The van der Waals surface area contributed by atoms with Crippen molar-refractivity contribution in [3.63, 3.8) is 0 Å². The third-order valence-corrected chi connectivity index (χ3v) is 4.08. The lowest BCUT2D eigenvalue weighted by Gasteiger charge is -2.31. The van der Waals surface area contributed by atoms with Crippen LogP contribution in [0.3, 0.4) is 0 Å². The number of hydrogen-bond donors (Lipinski definition) is 1. The van der Waals surface area contributed by atoms with Crippen LogP contribution in [0.5, 0.6) is 5.75 Å². The van der Waals surface area contributed by atoms with E-state index in [9.17, 15) is 0 Å². The summed E-state index contributed by atoms with van der Waals surface area (Å²) < 4.78 is 5.81. The lowest BCUT2D eigenvalue weighted by Crippen LogP contribution is -2.40. The number of benzene rings is 1. The van der Waals surface area contributed by atoms with Crippen LogP contribution in [0.25, 0.3) is 0 Å². The van der Waals surface area contributed by atoms with E-state index in [1.54, 1.807) is 0 Å². The number of fused-ring (bicyclic) bond motifs is 1. The molecule has 2 unspecified atom stereocenters. The van der Waals surface area contributed by atoms with Crippen molar-refractivity contribution in [2.45, 2.75) is 31.8 Å². The molecule has 2 aliphatic rings. The van der Waals surface area contributed by atoms with Gasteiger partial charge in [-0.3, -0.25) is 4.90 Å². The fraction of sp³-hybridized carbons (Fsp3) is 0.600. The average molecular weight is 246 g/mol. The van der Waals surface area contributed by atoms with Crippen LogP contribution in [0.1, 0.15) is 31.4 Å². The quantitative estimate of drug-likeness (QED) is 0.822. The van der Waals surface area contributed by atoms with Crippen LogP contribution in [-0.2, 0) is 0 Å². The van der Waals surface area contributed by atoms with Gasteiger partial charge in [-0.25, -0.2) is 0 Å². The van der Waals surface area contributed by atoms with E-state index in [0.29, 0.717) is 12.1 Å². The van der Waals surface area contributed by atoms with Gasteiger partial charge in [0.1, 0.15) is 12.4 Å². The Morgan fingerprint density at radius 2 is 2.17 bits per heavy atom. The molecule has 0 bridgehead atoms. The van der Waals surface area contributed by atoms with Gasteiger partial charge in [-0.15, -0.1) is 0 Å². The summed E-state index contributed by atoms with van der Waals surface area (Å²) >= 11 is 0. The van der Waals surface area contributed by atoms with Gasteiger partial charge in [-0.05, 0) is 32.4 Å². The van der Waals surface area contributed by atoms with Crippen molar-refractivity contribution >= 4 is 0 Å². The summed E-state index contributed by atoms with van der Waals surface area (Å²) in [4.78, 5) is 2.60. The number of nitrogens with zero attached hydrogens (tertiary/aromatic N) is 1. The average Bonchev–Trinajstić information content (AvgIpc) is 2.79. The van der Waals surface area contributed by atoms with Crippen molar-refractivity contribution < 1.29 is 4.74 Å². The molecule has 0 radical (unpaired) electrons. The van der Waals surface area contributed by atoms with Gasteiger partial charge in [0.15, 0.2) is 0 Å². The van der Waals surface area contributed by atoms with E-state index in [1.807, 2.05) is 0 Å². The second-order valence-electron chi connectivity index (χ2n) is 5.40. The number of nitrogens with one attached hydrogen (secondary N) is 1. The van der Waals surface area contributed by atoms with E-state index < -0.39 is 0 Å². The molecule has 0 aromatic heterocycles. The number of rotatable bonds is 1. The van der Waals surface area contributed by atoms with Gasteiger partial charge in [-0.1, -0.05) is 18.2 Å². The molecule has 1 fully saturated rings. The lowest BCUT2D eigenvalue weighted by molar-refractivity contribution is 0.146. The molecule has 1 aromatic carbocycles. The highest BCUT2D eigenvalue weighted by molar-refractivity contribution is 5.39. The summed E-state index contributed by atoms with van der Waals surface area (Å²) in [6.07, 6.45) is 2.45. The summed E-state index contributed by atoms with van der Waals surface area (Å²) in [6.45, 7) is 6.56. The molecule has 2 aliphatic heterocycles. The first-order valence-electron chi connectivity index (χ1n) is 7.04. The van der Waals surface area contributed by atoms with Crippen molar-refractivity contribution in [2.75, 3.05) is 26.2 Å². The minimum Gasteiger partial charge on any atom is -0.491 e. The van der Waals surface area contributed by atoms with Gasteiger partial charge in [0, 0.05) is 24.7 Å². The molecule has 0 saturated carbocycles. The zero-order valence-electron chi connectivity index (χ0n) is 11.1. The van der Waals surface area contributed by atoms with E-state index in [2.05, 4.69) is 41.4 Å². The zero-order valence-corrected chi connectivity index (χ0v) is 11.1. The normalized spacial score (nSPS) is 29.2. The summed E-state index contributed by atoms with van der Waals surface area (Å²) in [7, 11) is 0. The van der Waals surface area contributed by atoms with Crippen molar-refractivity contribution in [1.29, 1.82) is 0 Å². The highest BCUT2D eigenvalue weighted by Crippen LogP contribution is 2.36. The molecule has 1 N–H and O–H groups in total. The van der Waals surface area contributed by atoms with E-state index in [0.717, 1.165) is 25.4 Å². The molecule has 2 atom stereocenters. The molecular formula is C15H22N2O. The highest BCUT2D eigenvalue weighted by atomic mass is 16.5. The second kappa shape index (κ2) is 5.29. The van der Waals surface area contributed by atoms with Crippen LogP contribution in [0.2, 0.25) is 0 Å². The Morgan fingerprint density at radius 3 is 3.11 bits per heavy atom. The molecule has 3 nitrogen and oxygen atoms in total. The summed E-state index contributed by atoms with van der Waals surface area (Å²) in [5, 5.41) is 3.56. The standard InChI is InChI=1S/C15H22N2O/c1-12-7-10-17(9-4-8-16-12)14-11-18-15-6-3-2-5-13(14)15/h2-3,5-6,12,14,16H,4,7-11H2,1H3. The fourth-order valence-electron chi connectivity index (χ4n) is 2.96. The molecular weight excluding hydrogens is 224 g/mol. The number of hydrogen-bond acceptors (Lipinski definition) is 3. The summed E-state index contributed by atoms with van der Waals surface area (Å²) in [5.74, 6) is 1.08. The van der Waals surface area contributed by atoms with E-state index in [-0.39, 0.29) is 0 Å². The monoisotopic (exact) mass is 246 g/mol. The van der Waals surface area contributed by atoms with Gasteiger partial charge in [0.05, 0.1) is 6.04 Å². The zero-order chi connectivity index (χ0) is 12.4. The smallest absolute Gasteiger partial charge is 0.124 e. The van der Waals surface area contributed by atoms with E-state index in [4.69, 9.17) is 4.74 Å². The molecule has 3 heteroatoms. The Morgan fingerprint density at radius 1 is 1.28 bits per heavy atom. The van der Waals surface area contributed by atoms with Gasteiger partial charge >= 0.3 is 0 Å². The van der Waals surface area contributed by atoms with Gasteiger partial charge < -0.3 is 10.1 Å². The fourth-order valence-corrected chi connectivity index (χ4v) is 2.96. The van der Waals surface area contributed by atoms with Crippen molar-refractivity contribution in [1.82, 2.24) is 10.2 Å². The van der Waals surface area contributed by atoms with Gasteiger partial charge in [0.2, 0.25) is 0 Å². The largest absolute Gasteiger partial charge is 0.491 e. The van der Waals surface area contributed by atoms with Gasteiger partial charge in [0.25, 0.3) is 0 Å². The number of ether oxygens (including phenoxy) is 1. The lowest BCUT2D eigenvalue weighted by atomic mass is 10.0. The Balaban J connectivity index is 1.74. The molecule has 2 heterocycles. The van der Waals surface area contributed by atoms with Crippen LogP contribution in [0, 0.1) is 0 Å². The molecule has 98 valence electrons. The predicted molar refractivity (Wildman–Crippen MR) is 72.9 cm³/mol. The maximum absolute atomic E-state index is 5.81. The first kappa shape index (κ1) is 12.0. The Labute approximate surface area is 109 Å². The van der Waals surface area contributed by atoms with E-state index >= 15 is 0 Å². The van der Waals surface area contributed by atoms with Crippen LogP contribution >= 0.6 is 0 Å². The van der Waals surface area contributed by atoms with Crippen molar-refractivity contribution in [2.24, 2.45) is 0 Å². The number of para-hydroxylation sites is 1. The molecule has 1 aromatic rings. The van der Waals surface area contributed by atoms with Gasteiger partial charge in [-0.2, -0.15) is 0 Å². The Bertz CT molecular complexity index is 407. The minimum absolute atomic E-state index is 0.464. The molecule has 18 heavy (non-hydrogen) atoms. The maximum Gasteiger partial charge on any atom is 0.124 e. The molecule has 0 aliphatic carbocycles. The predicted octanol–water partition coefficient (Wildman–Crippen LogP) is 2.19. The van der Waals surface area contributed by atoms with Crippen LogP contribution < -0.4 is 10.1 Å². The first-order valence-corrected chi connectivity index (χ1v) is 7.04. The highest BCUT2D eigenvalue weighted by Gasteiger charge is 2.29. The molecule has 0 amide bonds. The first-order chi connectivity index (χ1) is 8.84. The van der Waals surface area contributed by atoms with Crippen LogP contribution in [0.15, 0.2) is 24.3 Å².